The molecule has 0 unspecified atom stereocenters. The fourth-order valence-corrected chi connectivity index (χ4v) is 5.05. The Bertz CT molecular complexity index is 1140. The second-order valence-corrected chi connectivity index (χ2v) is 8.75. The van der Waals surface area contributed by atoms with Crippen molar-refractivity contribution in [2.45, 2.75) is 45.3 Å². The minimum Gasteiger partial charge on any atom is -0.358 e. The molecule has 1 N–H and O–H groups in total. The molecule has 5 nitrogen and oxygen atoms in total. The van der Waals surface area contributed by atoms with E-state index in [-0.39, 0.29) is 17.5 Å². The lowest BCUT2D eigenvalue weighted by molar-refractivity contribution is -0.128. The third-order valence-electron chi connectivity index (χ3n) is 6.44. The largest absolute Gasteiger partial charge is 0.358 e. The summed E-state index contributed by atoms with van der Waals surface area (Å²) >= 11 is 6.56. The molecule has 0 spiro atoms. The number of aromatic nitrogens is 2. The summed E-state index contributed by atoms with van der Waals surface area (Å²) in [4.78, 5) is 19.6. The highest BCUT2D eigenvalue weighted by molar-refractivity contribution is 6.30. The van der Waals surface area contributed by atoms with Gasteiger partial charge < -0.3 is 9.88 Å². The molecule has 0 saturated carbocycles. The zero-order chi connectivity index (χ0) is 23.7. The monoisotopic (exact) mass is 472 g/mol. The summed E-state index contributed by atoms with van der Waals surface area (Å²) in [6, 6.07) is 11.5. The van der Waals surface area contributed by atoms with E-state index in [0.29, 0.717) is 36.6 Å². The minimum absolute atomic E-state index is 0.0125. The van der Waals surface area contributed by atoms with E-state index in [9.17, 15) is 13.6 Å². The molecule has 1 amide bonds. The first-order valence-corrected chi connectivity index (χ1v) is 11.4. The summed E-state index contributed by atoms with van der Waals surface area (Å²) in [5, 5.41) is 3.18. The number of aryl methyl sites for hydroxylation is 2. The van der Waals surface area contributed by atoms with Crippen LogP contribution in [0.15, 0.2) is 42.5 Å². The van der Waals surface area contributed by atoms with Gasteiger partial charge in [-0.15, -0.1) is 0 Å². The maximum absolute atomic E-state index is 14.2. The van der Waals surface area contributed by atoms with E-state index in [1.807, 2.05) is 37.3 Å². The molecular weight excluding hydrogens is 446 g/mol. The van der Waals surface area contributed by atoms with Gasteiger partial charge in [-0.1, -0.05) is 41.9 Å². The van der Waals surface area contributed by atoms with Gasteiger partial charge in [0.15, 0.2) is 5.15 Å². The van der Waals surface area contributed by atoms with Crippen LogP contribution in [-0.4, -0.2) is 34.0 Å². The Kier molecular flexibility index (Phi) is 6.81. The third-order valence-corrected chi connectivity index (χ3v) is 6.72. The molecule has 0 aliphatic carbocycles. The molecule has 2 atom stereocenters. The van der Waals surface area contributed by atoms with E-state index in [2.05, 4.69) is 19.8 Å². The van der Waals surface area contributed by atoms with E-state index in [4.69, 9.17) is 11.6 Å². The standard InChI is InChI=1S/C25H27ClF2N4O/c1-15-19(27)13-17(14-20(15)28)9-10-21-23-24(26)30-16(2)31(23)11-12-32(21)22(25(33)29-3)18-7-5-4-6-8-18/h4-8,13-14,21-22H,9-12H2,1-3H3,(H,29,33)/t21-,22-/m1/s1. The van der Waals surface area contributed by atoms with Crippen LogP contribution >= 0.6 is 11.6 Å². The molecule has 174 valence electrons. The number of benzene rings is 2. The molecule has 4 rings (SSSR count). The summed E-state index contributed by atoms with van der Waals surface area (Å²) in [7, 11) is 1.62. The number of hydrogen-bond donors (Lipinski definition) is 1. The number of nitrogens with zero attached hydrogens (tertiary/aromatic N) is 3. The highest BCUT2D eigenvalue weighted by Crippen LogP contribution is 2.40. The Labute approximate surface area is 197 Å². The van der Waals surface area contributed by atoms with Gasteiger partial charge in [0, 0.05) is 25.7 Å². The van der Waals surface area contributed by atoms with Crippen LogP contribution in [0.25, 0.3) is 0 Å². The predicted molar refractivity (Wildman–Crippen MR) is 124 cm³/mol. The average molecular weight is 473 g/mol. The SMILES string of the molecule is CNC(=O)[C@@H](c1ccccc1)N1CCn2c(C)nc(Cl)c2[C@H]1CCc1cc(F)c(C)c(F)c1. The van der Waals surface area contributed by atoms with Gasteiger partial charge in [0.05, 0.1) is 11.7 Å². The van der Waals surface area contributed by atoms with Crippen molar-refractivity contribution in [1.82, 2.24) is 19.8 Å². The second-order valence-electron chi connectivity index (χ2n) is 8.39. The molecule has 2 aromatic carbocycles. The molecule has 1 aliphatic rings. The average Bonchev–Trinajstić information content (AvgIpc) is 3.10. The number of imidazole rings is 1. The van der Waals surface area contributed by atoms with Gasteiger partial charge in [-0.25, -0.2) is 13.8 Å². The molecule has 2 heterocycles. The lowest BCUT2D eigenvalue weighted by atomic mass is 9.95. The van der Waals surface area contributed by atoms with Gasteiger partial charge in [-0.3, -0.25) is 9.69 Å². The predicted octanol–water partition coefficient (Wildman–Crippen LogP) is 4.91. The van der Waals surface area contributed by atoms with Crippen molar-refractivity contribution in [2.75, 3.05) is 13.6 Å². The van der Waals surface area contributed by atoms with Crippen LogP contribution in [0.5, 0.6) is 0 Å². The normalized spacial score (nSPS) is 17.0. The van der Waals surface area contributed by atoms with E-state index in [1.165, 1.54) is 19.1 Å². The molecular formula is C25H27ClF2N4O. The molecule has 33 heavy (non-hydrogen) atoms. The van der Waals surface area contributed by atoms with Crippen LogP contribution in [0.2, 0.25) is 5.15 Å². The number of amides is 1. The first kappa shape index (κ1) is 23.4. The summed E-state index contributed by atoms with van der Waals surface area (Å²) in [6.07, 6.45) is 0.943. The molecule has 1 aromatic heterocycles. The molecule has 0 fully saturated rings. The Morgan fingerprint density at radius 1 is 1.18 bits per heavy atom. The summed E-state index contributed by atoms with van der Waals surface area (Å²) < 4.78 is 30.4. The number of fused-ring (bicyclic) bond motifs is 1. The van der Waals surface area contributed by atoms with Crippen molar-refractivity contribution in [3.05, 3.63) is 87.5 Å². The van der Waals surface area contributed by atoms with Crippen LogP contribution < -0.4 is 5.32 Å². The lowest BCUT2D eigenvalue weighted by Crippen LogP contribution is -2.46. The van der Waals surface area contributed by atoms with E-state index >= 15 is 0 Å². The molecule has 0 bridgehead atoms. The van der Waals surface area contributed by atoms with E-state index in [1.54, 1.807) is 7.05 Å². The number of halogens is 3. The van der Waals surface area contributed by atoms with Crippen molar-refractivity contribution in [2.24, 2.45) is 0 Å². The third kappa shape index (κ3) is 4.52. The minimum atomic E-state index is -0.558. The summed E-state index contributed by atoms with van der Waals surface area (Å²) in [5.41, 5.74) is 2.28. The molecule has 0 saturated heterocycles. The van der Waals surface area contributed by atoms with Crippen LogP contribution in [0, 0.1) is 25.5 Å². The molecule has 1 aliphatic heterocycles. The lowest BCUT2D eigenvalue weighted by Gasteiger charge is -2.41. The summed E-state index contributed by atoms with van der Waals surface area (Å²) in [5.74, 6) is -0.434. The van der Waals surface area contributed by atoms with Crippen molar-refractivity contribution in [1.29, 1.82) is 0 Å². The summed E-state index contributed by atoms with van der Waals surface area (Å²) in [6.45, 7) is 4.58. The zero-order valence-electron chi connectivity index (χ0n) is 18.9. The van der Waals surface area contributed by atoms with E-state index < -0.39 is 17.7 Å². The first-order chi connectivity index (χ1) is 15.8. The molecule has 8 heteroatoms. The number of rotatable bonds is 6. The highest BCUT2D eigenvalue weighted by Gasteiger charge is 2.38. The fourth-order valence-electron chi connectivity index (χ4n) is 4.70. The highest BCUT2D eigenvalue weighted by atomic mass is 35.5. The van der Waals surface area contributed by atoms with Crippen LogP contribution in [0.4, 0.5) is 8.78 Å². The van der Waals surface area contributed by atoms with Crippen molar-refractivity contribution >= 4 is 17.5 Å². The van der Waals surface area contributed by atoms with Crippen LogP contribution in [0.1, 0.15) is 46.7 Å². The maximum Gasteiger partial charge on any atom is 0.241 e. The molecule has 0 radical (unpaired) electrons. The smallest absolute Gasteiger partial charge is 0.241 e. The molecule has 3 aromatic rings. The Balaban J connectivity index is 1.74. The Morgan fingerprint density at radius 2 is 1.85 bits per heavy atom. The van der Waals surface area contributed by atoms with Crippen LogP contribution in [0.3, 0.4) is 0 Å². The Morgan fingerprint density at radius 3 is 2.48 bits per heavy atom. The quantitative estimate of drug-likeness (QED) is 0.554. The second kappa shape index (κ2) is 9.61. The van der Waals surface area contributed by atoms with Gasteiger partial charge in [0.1, 0.15) is 23.5 Å². The van der Waals surface area contributed by atoms with Crippen molar-refractivity contribution in [3.63, 3.8) is 0 Å². The Hall–Kier alpha value is -2.77. The van der Waals surface area contributed by atoms with Crippen molar-refractivity contribution in [3.8, 4) is 0 Å². The number of carbonyl (C=O) groups is 1. The van der Waals surface area contributed by atoms with Crippen molar-refractivity contribution < 1.29 is 13.6 Å². The van der Waals surface area contributed by atoms with Crippen LogP contribution in [-0.2, 0) is 17.8 Å². The number of nitrogens with one attached hydrogen (secondary N) is 1. The van der Waals surface area contributed by atoms with Gasteiger partial charge in [-0.05, 0) is 49.9 Å². The maximum atomic E-state index is 14.2. The van der Waals surface area contributed by atoms with Gasteiger partial charge in [0.25, 0.3) is 0 Å². The topological polar surface area (TPSA) is 50.2 Å². The van der Waals surface area contributed by atoms with E-state index in [0.717, 1.165) is 17.1 Å². The van der Waals surface area contributed by atoms with Gasteiger partial charge in [-0.2, -0.15) is 0 Å². The number of hydrogen-bond acceptors (Lipinski definition) is 3. The number of carbonyl (C=O) groups excluding carboxylic acids is 1. The first-order valence-electron chi connectivity index (χ1n) is 11.0. The number of likely N-dealkylation sites (N-methyl/N-ethyl adjacent to an activating group) is 1. The zero-order valence-corrected chi connectivity index (χ0v) is 19.7. The van der Waals surface area contributed by atoms with Gasteiger partial charge in [0.2, 0.25) is 5.91 Å². The fraction of sp³-hybridized carbons (Fsp3) is 0.360. The van der Waals surface area contributed by atoms with Gasteiger partial charge >= 0.3 is 0 Å².